The van der Waals surface area contributed by atoms with Crippen molar-refractivity contribution < 1.29 is 4.74 Å². The van der Waals surface area contributed by atoms with Crippen LogP contribution in [0, 0.1) is 0 Å². The smallest absolute Gasteiger partial charge is 0.303 e. The molecule has 0 radical (unpaired) electrons. The van der Waals surface area contributed by atoms with E-state index in [-0.39, 0.29) is 5.54 Å². The van der Waals surface area contributed by atoms with E-state index in [1.165, 1.54) is 21.8 Å². The first-order valence-electron chi connectivity index (χ1n) is 10.9. The molecule has 0 fully saturated rings. The molecule has 2 aromatic heterocycles. The summed E-state index contributed by atoms with van der Waals surface area (Å²) in [4.78, 5) is 4.77. The monoisotopic (exact) mass is 415 g/mol. The van der Waals surface area contributed by atoms with Gasteiger partial charge in [-0.05, 0) is 44.2 Å². The molecule has 6 aromatic rings. The minimum Gasteiger partial charge on any atom is -0.425 e. The largest absolute Gasteiger partial charge is 0.425 e. The van der Waals surface area contributed by atoms with Gasteiger partial charge in [-0.1, -0.05) is 54.6 Å². The summed E-state index contributed by atoms with van der Waals surface area (Å²) in [5.41, 5.74) is 6.37. The normalized spacial score (nSPS) is 14.4. The van der Waals surface area contributed by atoms with Crippen LogP contribution < -0.4 is 4.74 Å². The lowest BCUT2D eigenvalue weighted by Gasteiger charge is -2.35. The van der Waals surface area contributed by atoms with Crippen LogP contribution in [0.25, 0.3) is 38.5 Å². The van der Waals surface area contributed by atoms with Crippen LogP contribution in [-0.2, 0) is 5.54 Å². The number of para-hydroxylation sites is 4. The molecule has 4 nitrogen and oxygen atoms in total. The van der Waals surface area contributed by atoms with Crippen molar-refractivity contribution in [2.45, 2.75) is 19.4 Å². The highest BCUT2D eigenvalue weighted by Crippen LogP contribution is 2.46. The van der Waals surface area contributed by atoms with Crippen LogP contribution in [0.4, 0.5) is 0 Å². The average molecular weight is 415 g/mol. The van der Waals surface area contributed by atoms with E-state index in [9.17, 15) is 0 Å². The van der Waals surface area contributed by atoms with Gasteiger partial charge >= 0.3 is 6.01 Å². The maximum atomic E-state index is 6.40. The highest BCUT2D eigenvalue weighted by atomic mass is 16.5. The van der Waals surface area contributed by atoms with Gasteiger partial charge in [0.1, 0.15) is 5.75 Å². The first-order chi connectivity index (χ1) is 15.6. The Hall–Kier alpha value is -4.05. The van der Waals surface area contributed by atoms with Gasteiger partial charge in [0, 0.05) is 28.1 Å². The standard InChI is InChI=1S/C28H21N3O/c1-28(2)21-16-15-18(17-26(21)32-27-29-22-11-5-8-14-25(22)31(27)28)30-23-12-6-3-9-19(23)20-10-4-7-13-24(20)30/h3-17H,1-2H3. The summed E-state index contributed by atoms with van der Waals surface area (Å²) < 4.78 is 10.9. The van der Waals surface area contributed by atoms with E-state index < -0.39 is 0 Å². The Morgan fingerprint density at radius 3 is 2.06 bits per heavy atom. The number of nitrogens with zero attached hydrogens (tertiary/aromatic N) is 3. The van der Waals surface area contributed by atoms with Crippen LogP contribution in [-0.4, -0.2) is 14.1 Å². The lowest BCUT2D eigenvalue weighted by molar-refractivity contribution is 0.306. The maximum Gasteiger partial charge on any atom is 0.303 e. The molecule has 7 rings (SSSR count). The molecule has 32 heavy (non-hydrogen) atoms. The van der Waals surface area contributed by atoms with E-state index in [1.807, 2.05) is 18.2 Å². The molecule has 1 aliphatic heterocycles. The van der Waals surface area contributed by atoms with Crippen LogP contribution >= 0.6 is 0 Å². The molecule has 0 aliphatic carbocycles. The first kappa shape index (κ1) is 17.6. The van der Waals surface area contributed by atoms with Crippen molar-refractivity contribution in [1.29, 1.82) is 0 Å². The van der Waals surface area contributed by atoms with Gasteiger partial charge in [-0.3, -0.25) is 4.57 Å². The molecule has 0 atom stereocenters. The molecule has 0 saturated carbocycles. The number of benzene rings is 4. The predicted octanol–water partition coefficient (Wildman–Crippen LogP) is 7.02. The van der Waals surface area contributed by atoms with E-state index in [4.69, 9.17) is 9.72 Å². The molecule has 3 heterocycles. The summed E-state index contributed by atoms with van der Waals surface area (Å²) in [6.07, 6.45) is 0. The Kier molecular flexibility index (Phi) is 3.31. The molecule has 4 aromatic carbocycles. The third kappa shape index (κ3) is 2.19. The van der Waals surface area contributed by atoms with E-state index in [0.717, 1.165) is 28.0 Å². The number of fused-ring (bicyclic) bond motifs is 7. The number of hydrogen-bond acceptors (Lipinski definition) is 2. The Labute approximate surface area is 185 Å². The van der Waals surface area contributed by atoms with Crippen LogP contribution in [0.3, 0.4) is 0 Å². The van der Waals surface area contributed by atoms with E-state index in [1.54, 1.807) is 0 Å². The number of imidazole rings is 1. The van der Waals surface area contributed by atoms with Crippen molar-refractivity contribution in [1.82, 2.24) is 14.1 Å². The van der Waals surface area contributed by atoms with Gasteiger partial charge in [-0.15, -0.1) is 0 Å². The van der Waals surface area contributed by atoms with E-state index in [0.29, 0.717) is 6.01 Å². The molecule has 0 N–H and O–H groups in total. The molecule has 0 spiro atoms. The van der Waals surface area contributed by atoms with Crippen molar-refractivity contribution >= 4 is 32.8 Å². The summed E-state index contributed by atoms with van der Waals surface area (Å²) in [7, 11) is 0. The summed E-state index contributed by atoms with van der Waals surface area (Å²) in [6.45, 7) is 4.46. The topological polar surface area (TPSA) is 32.0 Å². The molecule has 0 saturated heterocycles. The third-order valence-electron chi connectivity index (χ3n) is 6.75. The van der Waals surface area contributed by atoms with Gasteiger partial charge in [-0.25, -0.2) is 0 Å². The van der Waals surface area contributed by atoms with Crippen molar-refractivity contribution in [3.63, 3.8) is 0 Å². The molecule has 0 amide bonds. The molecule has 1 aliphatic rings. The van der Waals surface area contributed by atoms with Crippen LogP contribution in [0.15, 0.2) is 91.0 Å². The SMILES string of the molecule is CC1(C)c2ccc(-n3c4ccccc4c4ccccc43)cc2Oc2nc3ccccc3n21. The fourth-order valence-electron chi connectivity index (χ4n) is 5.27. The van der Waals surface area contributed by atoms with Crippen LogP contribution in [0.5, 0.6) is 11.8 Å². The Balaban J connectivity index is 1.48. The highest BCUT2D eigenvalue weighted by Gasteiger charge is 2.36. The second-order valence-electron chi connectivity index (χ2n) is 8.93. The van der Waals surface area contributed by atoms with Gasteiger partial charge in [0.15, 0.2) is 0 Å². The predicted molar refractivity (Wildman–Crippen MR) is 129 cm³/mol. The average Bonchev–Trinajstić information content (AvgIpc) is 3.35. The summed E-state index contributed by atoms with van der Waals surface area (Å²) in [6, 6.07) is 32.5. The minimum absolute atomic E-state index is 0.279. The molecule has 4 heteroatoms. The Morgan fingerprint density at radius 1 is 0.719 bits per heavy atom. The zero-order valence-electron chi connectivity index (χ0n) is 17.9. The van der Waals surface area contributed by atoms with Gasteiger partial charge in [0.25, 0.3) is 0 Å². The zero-order chi connectivity index (χ0) is 21.4. The quantitative estimate of drug-likeness (QED) is 0.289. The number of rotatable bonds is 1. The highest BCUT2D eigenvalue weighted by molar-refractivity contribution is 6.09. The number of aromatic nitrogens is 3. The summed E-state index contributed by atoms with van der Waals surface area (Å²) in [5, 5.41) is 2.51. The molecule has 0 bridgehead atoms. The molecular weight excluding hydrogens is 394 g/mol. The van der Waals surface area contributed by atoms with Gasteiger partial charge in [0.05, 0.1) is 27.6 Å². The minimum atomic E-state index is -0.279. The van der Waals surface area contributed by atoms with Crippen molar-refractivity contribution in [3.8, 4) is 17.4 Å². The van der Waals surface area contributed by atoms with Crippen molar-refractivity contribution in [2.75, 3.05) is 0 Å². The van der Waals surface area contributed by atoms with Crippen LogP contribution in [0.2, 0.25) is 0 Å². The van der Waals surface area contributed by atoms with Gasteiger partial charge in [0.2, 0.25) is 0 Å². The lowest BCUT2D eigenvalue weighted by Crippen LogP contribution is -2.31. The molecule has 0 unspecified atom stereocenters. The Morgan fingerprint density at radius 2 is 1.34 bits per heavy atom. The molecular formula is C28H21N3O. The number of ether oxygens (including phenoxy) is 1. The fourth-order valence-corrected chi connectivity index (χ4v) is 5.27. The van der Waals surface area contributed by atoms with Crippen molar-refractivity contribution in [2.24, 2.45) is 0 Å². The zero-order valence-corrected chi connectivity index (χ0v) is 17.9. The lowest BCUT2D eigenvalue weighted by atomic mass is 9.91. The van der Waals surface area contributed by atoms with Gasteiger partial charge < -0.3 is 9.30 Å². The van der Waals surface area contributed by atoms with Crippen LogP contribution in [0.1, 0.15) is 19.4 Å². The molecule has 154 valence electrons. The second kappa shape index (κ2) is 6.01. The van der Waals surface area contributed by atoms with Crippen molar-refractivity contribution in [3.05, 3.63) is 96.6 Å². The van der Waals surface area contributed by atoms with E-state index >= 15 is 0 Å². The summed E-state index contributed by atoms with van der Waals surface area (Å²) in [5.74, 6) is 0.858. The van der Waals surface area contributed by atoms with E-state index in [2.05, 4.69) is 95.8 Å². The second-order valence-corrected chi connectivity index (χ2v) is 8.93. The van der Waals surface area contributed by atoms with Gasteiger partial charge in [-0.2, -0.15) is 4.98 Å². The summed E-state index contributed by atoms with van der Waals surface area (Å²) >= 11 is 0. The fraction of sp³-hybridized carbons (Fsp3) is 0.107. The Bertz CT molecular complexity index is 1630. The first-order valence-corrected chi connectivity index (χ1v) is 10.9. The third-order valence-corrected chi connectivity index (χ3v) is 6.75. The maximum absolute atomic E-state index is 6.40. The number of hydrogen-bond donors (Lipinski definition) is 0.